The second kappa shape index (κ2) is 5.49. The minimum atomic E-state index is -0.553. The highest BCUT2D eigenvalue weighted by Crippen LogP contribution is 2.13. The first-order valence-electron chi connectivity index (χ1n) is 3.43. The van der Waals surface area contributed by atoms with E-state index in [9.17, 15) is 0 Å². The van der Waals surface area contributed by atoms with E-state index in [0.717, 1.165) is 0 Å². The van der Waals surface area contributed by atoms with Gasteiger partial charge in [0.1, 0.15) is 0 Å². The summed E-state index contributed by atoms with van der Waals surface area (Å²) < 4.78 is 5.14. The maximum absolute atomic E-state index is 9.10. The van der Waals surface area contributed by atoms with E-state index in [1.165, 1.54) is 0 Å². The second-order valence-corrected chi connectivity index (χ2v) is 2.85. The molecule has 0 aromatic carbocycles. The summed E-state index contributed by atoms with van der Waals surface area (Å²) in [5.41, 5.74) is -0.553. The van der Waals surface area contributed by atoms with Gasteiger partial charge in [-0.2, -0.15) is 0 Å². The Bertz CT molecular complexity index is 93.7. The van der Waals surface area contributed by atoms with Crippen LogP contribution in [0.5, 0.6) is 0 Å². The second-order valence-electron chi connectivity index (χ2n) is 2.85. The van der Waals surface area contributed by atoms with Crippen molar-refractivity contribution in [3.05, 3.63) is 0 Å². The van der Waals surface area contributed by atoms with Crippen LogP contribution in [0.2, 0.25) is 0 Å². The number of rotatable bonds is 4. The van der Waals surface area contributed by atoms with Crippen molar-refractivity contribution >= 4 is 0 Å². The van der Waals surface area contributed by atoms with Crippen LogP contribution in [-0.2, 0) is 4.74 Å². The van der Waals surface area contributed by atoms with E-state index < -0.39 is 11.7 Å². The van der Waals surface area contributed by atoms with Crippen LogP contribution >= 0.6 is 0 Å². The van der Waals surface area contributed by atoms with Gasteiger partial charge in [-0.25, -0.2) is 0 Å². The van der Waals surface area contributed by atoms with Gasteiger partial charge >= 0.3 is 0 Å². The Labute approximate surface area is 67.8 Å². The molecule has 5 N–H and O–H groups in total. The molecule has 0 radical (unpaired) electrons. The molecule has 0 saturated heterocycles. The highest BCUT2D eigenvalue weighted by molar-refractivity contribution is 4.74. The third-order valence-corrected chi connectivity index (χ3v) is 1.57. The fraction of sp³-hybridized carbons (Fsp3) is 1.00. The van der Waals surface area contributed by atoms with Gasteiger partial charge in [-0.05, 0) is 20.8 Å². The predicted molar refractivity (Wildman–Crippen MR) is 43.8 cm³/mol. The molecule has 1 unspecified atom stereocenters. The predicted octanol–water partition coefficient (Wildman–Crippen LogP) is 0.317. The average molecular weight is 165 g/mol. The monoisotopic (exact) mass is 165 g/mol. The summed E-state index contributed by atoms with van der Waals surface area (Å²) in [5, 5.41) is 17.5. The van der Waals surface area contributed by atoms with E-state index in [2.05, 4.69) is 0 Å². The summed E-state index contributed by atoms with van der Waals surface area (Å²) in [6, 6.07) is 0. The lowest BCUT2D eigenvalue weighted by Gasteiger charge is -2.27. The van der Waals surface area contributed by atoms with Gasteiger partial charge in [-0.15, -0.1) is 0 Å². The van der Waals surface area contributed by atoms with Crippen molar-refractivity contribution in [2.75, 3.05) is 13.2 Å². The molecular formula is C7H19NO3. The van der Waals surface area contributed by atoms with Gasteiger partial charge < -0.3 is 21.1 Å². The Hall–Kier alpha value is -0.160. The third-order valence-electron chi connectivity index (χ3n) is 1.57. The van der Waals surface area contributed by atoms with E-state index in [4.69, 9.17) is 14.9 Å². The Morgan fingerprint density at radius 1 is 1.45 bits per heavy atom. The zero-order valence-electron chi connectivity index (χ0n) is 7.50. The van der Waals surface area contributed by atoms with Crippen LogP contribution in [-0.4, -0.2) is 35.1 Å². The average Bonchev–Trinajstić information content (AvgIpc) is 1.84. The Kier molecular flexibility index (Phi) is 6.70. The summed E-state index contributed by atoms with van der Waals surface area (Å²) >= 11 is 0. The van der Waals surface area contributed by atoms with Crippen LogP contribution in [0.3, 0.4) is 0 Å². The molecule has 0 aromatic rings. The van der Waals surface area contributed by atoms with Crippen molar-refractivity contribution in [2.45, 2.75) is 32.5 Å². The Morgan fingerprint density at radius 2 is 1.91 bits per heavy atom. The van der Waals surface area contributed by atoms with Crippen LogP contribution in [0.4, 0.5) is 0 Å². The molecule has 1 atom stereocenters. The lowest BCUT2D eigenvalue weighted by molar-refractivity contribution is -0.101. The topological polar surface area (TPSA) is 84.7 Å². The molecule has 11 heavy (non-hydrogen) atoms. The van der Waals surface area contributed by atoms with E-state index in [1.54, 1.807) is 20.8 Å². The summed E-state index contributed by atoms with van der Waals surface area (Å²) in [5.74, 6) is 0. The van der Waals surface area contributed by atoms with Crippen molar-refractivity contribution in [3.63, 3.8) is 0 Å². The first kappa shape index (κ1) is 13.4. The zero-order chi connectivity index (χ0) is 8.20. The van der Waals surface area contributed by atoms with E-state index >= 15 is 0 Å². The van der Waals surface area contributed by atoms with E-state index in [1.807, 2.05) is 0 Å². The molecule has 0 spiro atoms. The summed E-state index contributed by atoms with van der Waals surface area (Å²) in [7, 11) is 0. The Morgan fingerprint density at radius 3 is 2.18 bits per heavy atom. The standard InChI is InChI=1S/C7H16O3.H3N/c1-6(9)7(2,3)10-5-4-8;/h6,8-9H,4-5H2,1-3H3;1H3. The molecule has 0 rings (SSSR count). The number of hydrogen-bond donors (Lipinski definition) is 3. The largest absolute Gasteiger partial charge is 0.394 e. The van der Waals surface area contributed by atoms with Gasteiger partial charge in [-0.3, -0.25) is 0 Å². The van der Waals surface area contributed by atoms with Gasteiger partial charge in [0.05, 0.1) is 24.9 Å². The smallest absolute Gasteiger partial charge is 0.0882 e. The zero-order valence-corrected chi connectivity index (χ0v) is 7.50. The molecule has 4 nitrogen and oxygen atoms in total. The highest BCUT2D eigenvalue weighted by Gasteiger charge is 2.23. The summed E-state index contributed by atoms with van der Waals surface area (Å²) in [6.07, 6.45) is -0.515. The van der Waals surface area contributed by atoms with Crippen molar-refractivity contribution in [1.29, 1.82) is 0 Å². The molecule has 0 saturated carbocycles. The van der Waals surface area contributed by atoms with Crippen LogP contribution in [0.15, 0.2) is 0 Å². The number of aliphatic hydroxyl groups excluding tert-OH is 2. The first-order chi connectivity index (χ1) is 4.50. The van der Waals surface area contributed by atoms with Crippen LogP contribution in [0, 0.1) is 0 Å². The minimum absolute atomic E-state index is 0. The van der Waals surface area contributed by atoms with Gasteiger partial charge in [0.25, 0.3) is 0 Å². The van der Waals surface area contributed by atoms with Gasteiger partial charge in [0.15, 0.2) is 0 Å². The van der Waals surface area contributed by atoms with Crippen molar-refractivity contribution in [2.24, 2.45) is 0 Å². The summed E-state index contributed by atoms with van der Waals surface area (Å²) in [6.45, 7) is 5.51. The normalized spacial score (nSPS) is 13.9. The van der Waals surface area contributed by atoms with Gasteiger partial charge in [-0.1, -0.05) is 0 Å². The summed E-state index contributed by atoms with van der Waals surface area (Å²) in [4.78, 5) is 0. The molecule has 0 heterocycles. The van der Waals surface area contributed by atoms with Crippen LogP contribution in [0.25, 0.3) is 0 Å². The molecule has 0 aromatic heterocycles. The van der Waals surface area contributed by atoms with Gasteiger partial charge in [0.2, 0.25) is 0 Å². The third kappa shape index (κ3) is 5.15. The lowest BCUT2D eigenvalue weighted by Crippen LogP contribution is -2.37. The number of aliphatic hydroxyl groups is 2. The van der Waals surface area contributed by atoms with Crippen LogP contribution in [0.1, 0.15) is 20.8 Å². The maximum atomic E-state index is 9.10. The lowest BCUT2D eigenvalue weighted by atomic mass is 10.0. The van der Waals surface area contributed by atoms with Crippen molar-refractivity contribution in [1.82, 2.24) is 6.15 Å². The number of hydrogen-bond acceptors (Lipinski definition) is 4. The highest BCUT2D eigenvalue weighted by atomic mass is 16.5. The van der Waals surface area contributed by atoms with Gasteiger partial charge in [0, 0.05) is 0 Å². The Balaban J connectivity index is 0. The maximum Gasteiger partial charge on any atom is 0.0882 e. The number of ether oxygens (including phenoxy) is 1. The van der Waals surface area contributed by atoms with Crippen LogP contribution < -0.4 is 6.15 Å². The molecule has 0 amide bonds. The molecule has 70 valence electrons. The fourth-order valence-corrected chi connectivity index (χ4v) is 0.429. The van der Waals surface area contributed by atoms with E-state index in [0.29, 0.717) is 0 Å². The molecule has 0 aliphatic heterocycles. The molecule has 0 bridgehead atoms. The molecule has 4 heteroatoms. The molecule has 0 aliphatic carbocycles. The van der Waals surface area contributed by atoms with E-state index in [-0.39, 0.29) is 19.4 Å². The molecular weight excluding hydrogens is 146 g/mol. The minimum Gasteiger partial charge on any atom is -0.394 e. The first-order valence-corrected chi connectivity index (χ1v) is 3.43. The fourth-order valence-electron chi connectivity index (χ4n) is 0.429. The quantitative estimate of drug-likeness (QED) is 0.560. The van der Waals surface area contributed by atoms with Crippen molar-refractivity contribution in [3.8, 4) is 0 Å². The van der Waals surface area contributed by atoms with Crippen molar-refractivity contribution < 1.29 is 14.9 Å². The molecule has 0 fully saturated rings. The molecule has 0 aliphatic rings. The SMILES string of the molecule is CC(O)C(C)(C)OCCO.N.